The molecule has 0 spiro atoms. The maximum absolute atomic E-state index is 6.35. The van der Waals surface area contributed by atoms with Crippen LogP contribution in [0.5, 0.6) is 23.0 Å². The first kappa shape index (κ1) is 24.2. The van der Waals surface area contributed by atoms with Crippen molar-refractivity contribution in [3.05, 3.63) is 40.9 Å². The predicted molar refractivity (Wildman–Crippen MR) is 130 cm³/mol. The van der Waals surface area contributed by atoms with Crippen LogP contribution in [0.3, 0.4) is 0 Å². The third-order valence-corrected chi connectivity index (χ3v) is 4.55. The number of hydrogen-bond acceptors (Lipinski definition) is 5. The zero-order valence-electron chi connectivity index (χ0n) is 17.3. The van der Waals surface area contributed by atoms with Crippen molar-refractivity contribution >= 4 is 47.2 Å². The molecule has 9 heteroatoms. The fourth-order valence-corrected chi connectivity index (χ4v) is 3.19. The second-order valence-electron chi connectivity index (χ2n) is 6.30. The molecule has 0 atom stereocenters. The van der Waals surface area contributed by atoms with Crippen LogP contribution in [-0.4, -0.2) is 39.9 Å². The van der Waals surface area contributed by atoms with E-state index in [9.17, 15) is 0 Å². The van der Waals surface area contributed by atoms with Gasteiger partial charge in [0.1, 0.15) is 0 Å². The quantitative estimate of drug-likeness (QED) is 0.310. The molecule has 0 fully saturated rings. The molecule has 1 heterocycles. The topological polar surface area (TPSA) is 73.3 Å². The summed E-state index contributed by atoms with van der Waals surface area (Å²) in [4.78, 5) is 4.27. The molecule has 0 aromatic heterocycles. The fourth-order valence-electron chi connectivity index (χ4n) is 2.90. The van der Waals surface area contributed by atoms with Gasteiger partial charge in [-0.1, -0.05) is 11.6 Å². The van der Waals surface area contributed by atoms with Crippen LogP contribution < -0.4 is 29.6 Å². The number of fused-ring (bicyclic) bond motifs is 1. The van der Waals surface area contributed by atoms with Gasteiger partial charge in [-0.25, -0.2) is 0 Å². The number of benzene rings is 2. The molecule has 0 aliphatic carbocycles. The van der Waals surface area contributed by atoms with Gasteiger partial charge in [0, 0.05) is 31.8 Å². The Bertz CT molecular complexity index is 880. The molecule has 0 saturated carbocycles. The maximum atomic E-state index is 6.35. The Morgan fingerprint density at radius 1 is 1.17 bits per heavy atom. The zero-order chi connectivity index (χ0) is 20.6. The Morgan fingerprint density at radius 3 is 2.63 bits per heavy atom. The van der Waals surface area contributed by atoms with Crippen LogP contribution in [0.1, 0.15) is 18.9 Å². The van der Waals surface area contributed by atoms with Gasteiger partial charge < -0.3 is 29.6 Å². The second-order valence-corrected chi connectivity index (χ2v) is 6.71. The second kappa shape index (κ2) is 11.9. The lowest BCUT2D eigenvalue weighted by atomic mass is 10.2. The number of methoxy groups -OCH3 is 1. The van der Waals surface area contributed by atoms with Crippen LogP contribution in [0.2, 0.25) is 5.02 Å². The van der Waals surface area contributed by atoms with Gasteiger partial charge in [0.2, 0.25) is 0 Å². The zero-order valence-corrected chi connectivity index (χ0v) is 20.4. The number of hydrogen-bond donors (Lipinski definition) is 2. The number of nitrogens with zero attached hydrogens (tertiary/aromatic N) is 1. The first-order valence-corrected chi connectivity index (χ1v) is 9.89. The standard InChI is InChI=1S/C21H26ClN3O4.HI/c1-4-27-20-16(22)10-14(11-19(20)26-3)13-24-21(23-2)25-15-6-7-17-18(12-15)29-9-5-8-28-17;/h6-7,10-12H,4-5,8-9,13H2,1-3H3,(H2,23,24,25);1H. The van der Waals surface area contributed by atoms with E-state index in [1.165, 1.54) is 0 Å². The van der Waals surface area contributed by atoms with E-state index in [-0.39, 0.29) is 24.0 Å². The first-order chi connectivity index (χ1) is 14.1. The van der Waals surface area contributed by atoms with Crippen LogP contribution in [-0.2, 0) is 6.54 Å². The Hall–Kier alpha value is -2.07. The molecule has 1 aliphatic heterocycles. The molecule has 7 nitrogen and oxygen atoms in total. The van der Waals surface area contributed by atoms with Gasteiger partial charge in [-0.3, -0.25) is 4.99 Å². The van der Waals surface area contributed by atoms with Gasteiger partial charge >= 0.3 is 0 Å². The summed E-state index contributed by atoms with van der Waals surface area (Å²) in [5.41, 5.74) is 1.79. The van der Waals surface area contributed by atoms with Crippen molar-refractivity contribution < 1.29 is 18.9 Å². The highest BCUT2D eigenvalue weighted by molar-refractivity contribution is 14.0. The summed E-state index contributed by atoms with van der Waals surface area (Å²) in [7, 11) is 3.31. The number of rotatable bonds is 6. The van der Waals surface area contributed by atoms with E-state index in [0.717, 1.165) is 29.2 Å². The van der Waals surface area contributed by atoms with Crippen molar-refractivity contribution in [1.82, 2.24) is 5.32 Å². The fraction of sp³-hybridized carbons (Fsp3) is 0.381. The van der Waals surface area contributed by atoms with Crippen molar-refractivity contribution in [2.45, 2.75) is 19.9 Å². The number of halogens is 2. The van der Waals surface area contributed by atoms with Crippen molar-refractivity contribution in [2.75, 3.05) is 39.3 Å². The molecule has 0 bridgehead atoms. The predicted octanol–water partition coefficient (Wildman–Crippen LogP) is 4.71. The molecule has 2 aromatic carbocycles. The Labute approximate surface area is 199 Å². The van der Waals surface area contributed by atoms with E-state index in [4.69, 9.17) is 30.5 Å². The smallest absolute Gasteiger partial charge is 0.195 e. The van der Waals surface area contributed by atoms with Crippen molar-refractivity contribution in [1.29, 1.82) is 0 Å². The number of anilines is 1. The molecule has 1 aliphatic rings. The highest BCUT2D eigenvalue weighted by Crippen LogP contribution is 2.36. The molecular weight excluding hydrogens is 521 g/mol. The summed E-state index contributed by atoms with van der Waals surface area (Å²) in [5, 5.41) is 7.04. The number of nitrogens with one attached hydrogen (secondary N) is 2. The van der Waals surface area contributed by atoms with Gasteiger partial charge in [0.25, 0.3) is 0 Å². The lowest BCUT2D eigenvalue weighted by molar-refractivity contribution is 0.297. The SMILES string of the molecule is CCOc1c(Cl)cc(CNC(=NC)Nc2ccc3c(c2)OCCCO3)cc1OC.I. The van der Waals surface area contributed by atoms with E-state index in [1.807, 2.05) is 37.3 Å². The summed E-state index contributed by atoms with van der Waals surface area (Å²) in [5.74, 6) is 3.25. The number of guanidine groups is 1. The van der Waals surface area contributed by atoms with Crippen LogP contribution in [0.15, 0.2) is 35.3 Å². The molecule has 30 heavy (non-hydrogen) atoms. The van der Waals surface area contributed by atoms with Crippen LogP contribution in [0.4, 0.5) is 5.69 Å². The molecule has 2 aromatic rings. The number of ether oxygens (including phenoxy) is 4. The van der Waals surface area contributed by atoms with Crippen molar-refractivity contribution in [3.8, 4) is 23.0 Å². The van der Waals surface area contributed by atoms with Gasteiger partial charge in [-0.2, -0.15) is 0 Å². The summed E-state index contributed by atoms with van der Waals surface area (Å²) in [6.07, 6.45) is 0.870. The maximum Gasteiger partial charge on any atom is 0.195 e. The summed E-state index contributed by atoms with van der Waals surface area (Å²) >= 11 is 6.35. The molecule has 2 N–H and O–H groups in total. The first-order valence-electron chi connectivity index (χ1n) is 9.51. The van der Waals surface area contributed by atoms with Crippen LogP contribution in [0, 0.1) is 0 Å². The highest BCUT2D eigenvalue weighted by Gasteiger charge is 2.13. The summed E-state index contributed by atoms with van der Waals surface area (Å²) in [6.45, 7) is 4.23. The van der Waals surface area contributed by atoms with Crippen molar-refractivity contribution in [2.24, 2.45) is 4.99 Å². The van der Waals surface area contributed by atoms with Gasteiger partial charge in [0.05, 0.1) is 32.0 Å². The molecule has 0 amide bonds. The number of aliphatic imine (C=N–C) groups is 1. The molecule has 0 saturated heterocycles. The third-order valence-electron chi connectivity index (χ3n) is 4.27. The largest absolute Gasteiger partial charge is 0.493 e. The van der Waals surface area contributed by atoms with Gasteiger partial charge in [-0.05, 0) is 36.8 Å². The van der Waals surface area contributed by atoms with E-state index in [2.05, 4.69) is 15.6 Å². The third kappa shape index (κ3) is 6.21. The normalized spacial score (nSPS) is 13.0. The minimum absolute atomic E-state index is 0. The van der Waals surface area contributed by atoms with Gasteiger partial charge in [0.15, 0.2) is 29.0 Å². The van der Waals surface area contributed by atoms with Gasteiger partial charge in [-0.15, -0.1) is 24.0 Å². The lowest BCUT2D eigenvalue weighted by Crippen LogP contribution is -2.30. The minimum Gasteiger partial charge on any atom is -0.493 e. The van der Waals surface area contributed by atoms with Crippen LogP contribution in [0.25, 0.3) is 0 Å². The minimum atomic E-state index is 0. The van der Waals surface area contributed by atoms with E-state index in [0.29, 0.717) is 48.8 Å². The molecule has 164 valence electrons. The highest BCUT2D eigenvalue weighted by atomic mass is 127. The summed E-state index contributed by atoms with van der Waals surface area (Å²) in [6, 6.07) is 9.47. The monoisotopic (exact) mass is 547 g/mol. The summed E-state index contributed by atoms with van der Waals surface area (Å²) < 4.78 is 22.4. The molecule has 0 radical (unpaired) electrons. The van der Waals surface area contributed by atoms with E-state index >= 15 is 0 Å². The Morgan fingerprint density at radius 2 is 1.93 bits per heavy atom. The van der Waals surface area contributed by atoms with E-state index < -0.39 is 0 Å². The van der Waals surface area contributed by atoms with Crippen LogP contribution >= 0.6 is 35.6 Å². The average Bonchev–Trinajstić information content (AvgIpc) is 2.97. The molecule has 0 unspecified atom stereocenters. The Kier molecular flexibility index (Phi) is 9.64. The molecular formula is C21H27ClIN3O4. The van der Waals surface area contributed by atoms with Crippen molar-refractivity contribution in [3.63, 3.8) is 0 Å². The average molecular weight is 548 g/mol. The lowest BCUT2D eigenvalue weighted by Gasteiger charge is -2.16. The molecule has 3 rings (SSSR count). The Balaban J connectivity index is 0.00000320. The van der Waals surface area contributed by atoms with E-state index in [1.54, 1.807) is 14.2 Å².